The highest BCUT2D eigenvalue weighted by Crippen LogP contribution is 2.39. The van der Waals surface area contributed by atoms with Crippen molar-refractivity contribution in [2.24, 2.45) is 23.7 Å². The van der Waals surface area contributed by atoms with Crippen LogP contribution in [0.3, 0.4) is 0 Å². The Morgan fingerprint density at radius 2 is 0.937 bits per heavy atom. The van der Waals surface area contributed by atoms with Gasteiger partial charge in [-0.15, -0.1) is 0 Å². The second kappa shape index (κ2) is 33.7. The number of hydrogen-bond acceptors (Lipinski definition) is 19. The highest BCUT2D eigenvalue weighted by Gasteiger charge is 2.45. The van der Waals surface area contributed by atoms with Crippen molar-refractivity contribution < 1.29 is 81.4 Å². The summed E-state index contributed by atoms with van der Waals surface area (Å²) >= 11 is 0. The number of anilines is 2. The van der Waals surface area contributed by atoms with Crippen molar-refractivity contribution in [3.05, 3.63) is 95.6 Å². The predicted octanol–water partition coefficient (Wildman–Crippen LogP) is 7.47. The lowest BCUT2D eigenvalue weighted by Crippen LogP contribution is -2.53. The molecule has 4 aliphatic carbocycles. The molecule has 0 bridgehead atoms. The van der Waals surface area contributed by atoms with Gasteiger partial charge < -0.3 is 62.8 Å². The Kier molecular flexibility index (Phi) is 25.9. The molecular weight excluding hydrogens is 1220 g/mol. The molecule has 5 fully saturated rings. The monoisotopic (exact) mass is 1320 g/mol. The zero-order chi connectivity index (χ0) is 68.7. The number of morpholine rings is 1. The first kappa shape index (κ1) is 73.0. The first-order chi connectivity index (χ1) is 45.3. The van der Waals surface area contributed by atoms with Gasteiger partial charge >= 0.3 is 35.9 Å². The molecule has 8 rings (SSSR count). The smallest absolute Gasteiger partial charge is 0.410 e. The van der Waals surface area contributed by atoms with Crippen molar-refractivity contribution in [2.45, 2.75) is 192 Å². The highest BCUT2D eigenvalue weighted by molar-refractivity contribution is 5.93. The van der Waals surface area contributed by atoms with Crippen LogP contribution in [0.4, 0.5) is 16.2 Å². The van der Waals surface area contributed by atoms with Crippen molar-refractivity contribution in [1.29, 1.82) is 0 Å². The van der Waals surface area contributed by atoms with E-state index in [0.29, 0.717) is 56.9 Å². The van der Waals surface area contributed by atoms with Gasteiger partial charge in [0.1, 0.15) is 36.4 Å². The average Bonchev–Trinajstić information content (AvgIpc) is 1.76. The second-order valence-electron chi connectivity index (χ2n) is 27.5. The van der Waals surface area contributed by atoms with Gasteiger partial charge in [-0.3, -0.25) is 19.3 Å². The van der Waals surface area contributed by atoms with Crippen molar-refractivity contribution in [2.75, 3.05) is 84.0 Å². The average molecular weight is 1320 g/mol. The van der Waals surface area contributed by atoms with Crippen LogP contribution < -0.4 is 9.80 Å². The van der Waals surface area contributed by atoms with E-state index >= 15 is 9.59 Å². The molecule has 1 saturated heterocycles. The van der Waals surface area contributed by atoms with Crippen LogP contribution in [0.1, 0.15) is 135 Å². The molecular formula is C72H100N6O17. The van der Waals surface area contributed by atoms with E-state index in [1.54, 1.807) is 45.0 Å². The van der Waals surface area contributed by atoms with E-state index in [1.165, 1.54) is 61.6 Å². The Hall–Kier alpha value is -7.79. The molecule has 23 nitrogen and oxygen atoms in total. The molecule has 4 saturated carbocycles. The molecule has 1 heterocycles. The summed E-state index contributed by atoms with van der Waals surface area (Å²) in [6.45, 7) is 13.4. The van der Waals surface area contributed by atoms with Gasteiger partial charge in [-0.2, -0.15) is 0 Å². The number of esters is 5. The number of nitrogens with zero attached hydrogens (tertiary/aromatic N) is 6. The Morgan fingerprint density at radius 3 is 1.36 bits per heavy atom. The molecule has 520 valence electrons. The third-order valence-corrected chi connectivity index (χ3v) is 18.5. The van der Waals surface area contributed by atoms with Crippen molar-refractivity contribution in [3.63, 3.8) is 0 Å². The quantitative estimate of drug-likeness (QED) is 0.0442. The SMILES string of the molecule is CCN(CCO)c1ccc(C[C@@H](OC(=O)[C@H](CC2CC2)N(C)C(=O)[C@@H](C)OC(=O)[C@H](CC2CC2)N(C)C(=O)[C@@H](Cc2ccc(N3CCOCC3)cc2)OC(=O)[C@H](CC2CC2)N(C)C(=O)OC(C)(C)C)C(=O)N(C)[C@@H](CC2CC2)C(=O)O[C@H](C)C(=O)OCc2ccccc2)cc1. The molecule has 1 aliphatic heterocycles. The largest absolute Gasteiger partial charge is 0.458 e. The molecule has 8 atom stereocenters. The third-order valence-electron chi connectivity index (χ3n) is 18.5. The molecule has 23 heteroatoms. The molecule has 3 aromatic carbocycles. The van der Waals surface area contributed by atoms with Gasteiger partial charge in [0.05, 0.1) is 19.8 Å². The van der Waals surface area contributed by atoms with Gasteiger partial charge in [0.2, 0.25) is 0 Å². The number of aliphatic hydroxyl groups is 1. The van der Waals surface area contributed by atoms with E-state index in [9.17, 15) is 38.7 Å². The normalized spacial score (nSPS) is 18.0. The molecule has 4 amide bonds. The van der Waals surface area contributed by atoms with Crippen LogP contribution in [-0.2, 0) is 91.0 Å². The highest BCUT2D eigenvalue weighted by atomic mass is 16.6. The van der Waals surface area contributed by atoms with Crippen LogP contribution in [0.2, 0.25) is 0 Å². The summed E-state index contributed by atoms with van der Waals surface area (Å²) in [6, 6.07) is 19.1. The van der Waals surface area contributed by atoms with Gasteiger partial charge in [-0.1, -0.05) is 106 Å². The molecule has 95 heavy (non-hydrogen) atoms. The maximum atomic E-state index is 15.1. The summed E-state index contributed by atoms with van der Waals surface area (Å²) in [7, 11) is 5.75. The number of carbonyl (C=O) groups excluding carboxylic acids is 9. The molecule has 0 unspecified atom stereocenters. The first-order valence-corrected chi connectivity index (χ1v) is 34.0. The molecule has 5 aliphatic rings. The van der Waals surface area contributed by atoms with Crippen LogP contribution >= 0.6 is 0 Å². The molecule has 0 spiro atoms. The molecule has 0 radical (unpaired) electrons. The zero-order valence-corrected chi connectivity index (χ0v) is 57.2. The van der Waals surface area contributed by atoms with Gasteiger partial charge in [0.15, 0.2) is 24.4 Å². The van der Waals surface area contributed by atoms with Crippen LogP contribution in [0.25, 0.3) is 0 Å². The van der Waals surface area contributed by atoms with Crippen molar-refractivity contribution in [3.8, 4) is 0 Å². The number of likely N-dealkylation sites (N-methyl/N-ethyl adjacent to an activating group) is 5. The predicted molar refractivity (Wildman–Crippen MR) is 352 cm³/mol. The lowest BCUT2D eigenvalue weighted by atomic mass is 10.0. The fourth-order valence-corrected chi connectivity index (χ4v) is 11.8. The topological polar surface area (TPSA) is 258 Å². The van der Waals surface area contributed by atoms with E-state index < -0.39 is 108 Å². The standard InChI is InChI=1S/C72H100N6O17/c1-11-77(33-36-79)55-29-25-52(26-30-55)43-61(64(81)75(9)58(40-49-19-20-49)68(85)92-47(3)66(83)90-45-54-15-13-12-14-16-54)93-69(86)59(41-50-21-22-50)73(7)63(80)46(2)91-67(84)57(39-48-17-18-48)74(8)65(82)62(44-53-27-31-56(32-28-53)78-34-37-89-38-35-78)94-70(87)60(42-51-23-24-51)76(10)71(88)95-72(4,5)6/h12-16,25-32,46-51,57-62,79H,11,17-24,33-45H2,1-10H3/t46-,47-,57+,58+,59+,60+,61-,62-/m1/s1. The Morgan fingerprint density at radius 1 is 0.526 bits per heavy atom. The molecule has 0 aromatic heterocycles. The Bertz CT molecular complexity index is 3090. The van der Waals surface area contributed by atoms with E-state index in [1.807, 2.05) is 66.4 Å². The summed E-state index contributed by atoms with van der Waals surface area (Å²) in [4.78, 5) is 139. The third kappa shape index (κ3) is 21.9. The molecule has 3 aromatic rings. The number of benzene rings is 3. The maximum absolute atomic E-state index is 15.1. The summed E-state index contributed by atoms with van der Waals surface area (Å²) < 4.78 is 40.9. The van der Waals surface area contributed by atoms with Crippen LogP contribution in [-0.4, -0.2) is 207 Å². The number of ether oxygens (including phenoxy) is 7. The molecule has 1 N–H and O–H groups in total. The summed E-state index contributed by atoms with van der Waals surface area (Å²) in [5.74, 6) is -6.08. The van der Waals surface area contributed by atoms with Gasteiger partial charge in [-0.25, -0.2) is 28.8 Å². The zero-order valence-electron chi connectivity index (χ0n) is 57.2. The summed E-state index contributed by atoms with van der Waals surface area (Å²) in [6.07, 6.45) is 0.538. The fraction of sp³-hybridized carbons (Fsp3) is 0.625. The van der Waals surface area contributed by atoms with Crippen LogP contribution in [0, 0.1) is 23.7 Å². The minimum atomic E-state index is -1.54. The maximum Gasteiger partial charge on any atom is 0.410 e. The van der Waals surface area contributed by atoms with Crippen LogP contribution in [0.5, 0.6) is 0 Å². The second-order valence-corrected chi connectivity index (χ2v) is 27.5. The van der Waals surface area contributed by atoms with Gasteiger partial charge in [0.25, 0.3) is 17.7 Å². The summed E-state index contributed by atoms with van der Waals surface area (Å²) in [5, 5.41) is 9.73. The van der Waals surface area contributed by atoms with E-state index in [0.717, 1.165) is 68.3 Å². The Balaban J connectivity index is 0.999. The number of rotatable bonds is 35. The number of aliphatic hydroxyl groups excluding tert-OH is 1. The van der Waals surface area contributed by atoms with E-state index in [-0.39, 0.29) is 69.0 Å². The Labute approximate surface area is 559 Å². The van der Waals surface area contributed by atoms with Crippen molar-refractivity contribution in [1.82, 2.24) is 19.6 Å². The summed E-state index contributed by atoms with van der Waals surface area (Å²) in [5.41, 5.74) is 2.92. The van der Waals surface area contributed by atoms with Gasteiger partial charge in [0, 0.05) is 78.6 Å². The van der Waals surface area contributed by atoms with Gasteiger partial charge in [-0.05, 0) is 132 Å². The lowest BCUT2D eigenvalue weighted by molar-refractivity contribution is -0.175. The number of amides is 4. The minimum absolute atomic E-state index is 0.0264. The number of hydrogen-bond donors (Lipinski definition) is 1. The lowest BCUT2D eigenvalue weighted by Gasteiger charge is -2.34. The number of carbonyl (C=O) groups is 9. The van der Waals surface area contributed by atoms with Crippen LogP contribution in [0.15, 0.2) is 78.9 Å². The fourth-order valence-electron chi connectivity index (χ4n) is 11.8. The van der Waals surface area contributed by atoms with Crippen molar-refractivity contribution >= 4 is 65.0 Å². The van der Waals surface area contributed by atoms with E-state index in [4.69, 9.17) is 33.2 Å². The first-order valence-electron chi connectivity index (χ1n) is 34.0. The minimum Gasteiger partial charge on any atom is -0.458 e. The van der Waals surface area contributed by atoms with E-state index in [2.05, 4.69) is 4.90 Å².